The second-order valence-corrected chi connectivity index (χ2v) is 4.25. The molecule has 0 aliphatic heterocycles. The lowest BCUT2D eigenvalue weighted by Gasteiger charge is -2.12. The van der Waals surface area contributed by atoms with Crippen molar-refractivity contribution in [1.29, 1.82) is 0 Å². The molecule has 1 heterocycles. The first kappa shape index (κ1) is 9.58. The molecule has 14 heavy (non-hydrogen) atoms. The average Bonchev–Trinajstić information content (AvgIpc) is 2.44. The second kappa shape index (κ2) is 3.02. The zero-order chi connectivity index (χ0) is 10.3. The zero-order valence-corrected chi connectivity index (χ0v) is 8.25. The minimum absolute atomic E-state index is 0.359. The highest BCUT2D eigenvalue weighted by atomic mass is 32.1. The number of hydrogen-bond acceptors (Lipinski definition) is 1. The molecule has 1 aromatic heterocycles. The Morgan fingerprint density at radius 3 is 2.36 bits per heavy atom. The molecule has 2 rings (SSSR count). The Morgan fingerprint density at radius 2 is 1.79 bits per heavy atom. The van der Waals surface area contributed by atoms with Crippen molar-refractivity contribution < 1.29 is 12.9 Å². The molecule has 0 amide bonds. The van der Waals surface area contributed by atoms with E-state index >= 15 is 0 Å². The van der Waals surface area contributed by atoms with Crippen molar-refractivity contribution in [1.82, 2.24) is 0 Å². The van der Waals surface area contributed by atoms with E-state index in [1.165, 1.54) is 6.92 Å². The molecule has 74 valence electrons. The molecule has 0 aliphatic carbocycles. The summed E-state index contributed by atoms with van der Waals surface area (Å²) in [5.41, 5.74) is 0.359. The monoisotopic (exact) mass is 215 g/mol. The summed E-state index contributed by atoms with van der Waals surface area (Å²) < 4.78 is 38.0. The maximum Gasteiger partial charge on any atom is 0.519 e. The van der Waals surface area contributed by atoms with Gasteiger partial charge in [-0.2, -0.15) is 11.3 Å². The Kier molecular flexibility index (Phi) is 2.07. The molecule has 2 aromatic rings. The summed E-state index contributed by atoms with van der Waals surface area (Å²) in [5.74, 6) is 0. The molecule has 0 fully saturated rings. The lowest BCUT2D eigenvalue weighted by atomic mass is 9.85. The van der Waals surface area contributed by atoms with Crippen molar-refractivity contribution in [3.05, 3.63) is 29.8 Å². The summed E-state index contributed by atoms with van der Waals surface area (Å²) in [6.45, 7) is -3.33. The topological polar surface area (TPSA) is 0 Å². The van der Waals surface area contributed by atoms with Gasteiger partial charge in [0.25, 0.3) is 0 Å². The van der Waals surface area contributed by atoms with Gasteiger partial charge in [-0.3, -0.25) is 0 Å². The molecule has 5 heteroatoms. The zero-order valence-electron chi connectivity index (χ0n) is 7.43. The SMILES string of the molecule is Cc1c([B-](F)(F)F)sc2ccccc12. The van der Waals surface area contributed by atoms with Crippen molar-refractivity contribution in [3.63, 3.8) is 0 Å². The molecule has 0 saturated carbocycles. The highest BCUT2D eigenvalue weighted by Gasteiger charge is 2.30. The minimum atomic E-state index is -4.86. The summed E-state index contributed by atoms with van der Waals surface area (Å²) in [4.78, 5) is 0. The third-order valence-electron chi connectivity index (χ3n) is 2.18. The van der Waals surface area contributed by atoms with Crippen molar-refractivity contribution in [2.24, 2.45) is 0 Å². The predicted octanol–water partition coefficient (Wildman–Crippen LogP) is 3.26. The highest BCUT2D eigenvalue weighted by molar-refractivity contribution is 7.29. The largest absolute Gasteiger partial charge is 0.519 e. The van der Waals surface area contributed by atoms with Gasteiger partial charge in [-0.15, -0.1) is 0 Å². The van der Waals surface area contributed by atoms with E-state index in [0.29, 0.717) is 15.6 Å². The third-order valence-corrected chi connectivity index (χ3v) is 3.55. The molecule has 0 atom stereocenters. The summed E-state index contributed by atoms with van der Waals surface area (Å²) in [6, 6.07) is 6.96. The van der Waals surface area contributed by atoms with Crippen LogP contribution in [0.3, 0.4) is 0 Å². The fourth-order valence-corrected chi connectivity index (χ4v) is 2.62. The van der Waals surface area contributed by atoms with E-state index in [-0.39, 0.29) is 0 Å². The van der Waals surface area contributed by atoms with Gasteiger partial charge in [-0.05, 0) is 18.4 Å². The van der Waals surface area contributed by atoms with Gasteiger partial charge in [0.05, 0.1) is 0 Å². The first-order valence-corrected chi connectivity index (χ1v) is 5.00. The van der Waals surface area contributed by atoms with Crippen LogP contribution in [0.25, 0.3) is 10.1 Å². The fourth-order valence-electron chi connectivity index (χ4n) is 1.51. The standard InChI is InChI=1S/C9H7BF3S/c1-6-7-4-2-3-5-8(7)14-9(6)10(11,12)13/h2-5H,1H3/q-1. The molecular formula is C9H7BF3S-. The van der Waals surface area contributed by atoms with E-state index in [0.717, 1.165) is 11.3 Å². The van der Waals surface area contributed by atoms with Crippen LogP contribution in [0.4, 0.5) is 12.9 Å². The van der Waals surface area contributed by atoms with E-state index in [1.54, 1.807) is 24.3 Å². The van der Waals surface area contributed by atoms with Gasteiger partial charge in [0, 0.05) is 4.70 Å². The van der Waals surface area contributed by atoms with E-state index in [1.807, 2.05) is 0 Å². The van der Waals surface area contributed by atoms with Gasteiger partial charge in [-0.1, -0.05) is 28.5 Å². The fraction of sp³-hybridized carbons (Fsp3) is 0.111. The smallest absolute Gasteiger partial charge is 0.444 e. The van der Waals surface area contributed by atoms with Crippen LogP contribution in [0.5, 0.6) is 0 Å². The number of halogens is 3. The summed E-state index contributed by atoms with van der Waals surface area (Å²) in [6.07, 6.45) is 0. The van der Waals surface area contributed by atoms with Crippen LogP contribution >= 0.6 is 11.3 Å². The Balaban J connectivity index is 2.75. The Labute approximate surface area is 83.4 Å². The Hall–Kier alpha value is -0.965. The highest BCUT2D eigenvalue weighted by Crippen LogP contribution is 2.27. The van der Waals surface area contributed by atoms with Crippen LogP contribution in [0.15, 0.2) is 24.3 Å². The molecule has 1 aromatic carbocycles. The quantitative estimate of drug-likeness (QED) is 0.640. The second-order valence-electron chi connectivity index (χ2n) is 3.16. The first-order chi connectivity index (χ1) is 6.50. The van der Waals surface area contributed by atoms with Gasteiger partial charge in [0.1, 0.15) is 0 Å². The van der Waals surface area contributed by atoms with Crippen LogP contribution in [-0.2, 0) is 0 Å². The maximum atomic E-state index is 12.6. The van der Waals surface area contributed by atoms with Crippen molar-refractivity contribution in [2.75, 3.05) is 0 Å². The van der Waals surface area contributed by atoms with Gasteiger partial charge >= 0.3 is 6.98 Å². The number of aryl methyl sites for hydroxylation is 1. The van der Waals surface area contributed by atoms with E-state index < -0.39 is 11.8 Å². The van der Waals surface area contributed by atoms with Crippen LogP contribution in [0.1, 0.15) is 5.56 Å². The summed E-state index contributed by atoms with van der Waals surface area (Å²) in [5, 5.41) is 0.715. The average molecular weight is 215 g/mol. The lowest BCUT2D eigenvalue weighted by Crippen LogP contribution is -2.32. The molecule has 0 N–H and O–H groups in total. The summed E-state index contributed by atoms with van der Waals surface area (Å²) >= 11 is 0.834. The van der Waals surface area contributed by atoms with Crippen LogP contribution in [0.2, 0.25) is 0 Å². The van der Waals surface area contributed by atoms with E-state index in [2.05, 4.69) is 0 Å². The number of hydrogen-bond donors (Lipinski definition) is 0. The normalized spacial score (nSPS) is 12.3. The van der Waals surface area contributed by atoms with Crippen molar-refractivity contribution in [2.45, 2.75) is 6.92 Å². The van der Waals surface area contributed by atoms with Gasteiger partial charge in [0.2, 0.25) is 0 Å². The van der Waals surface area contributed by atoms with Gasteiger partial charge in [-0.25, -0.2) is 0 Å². The minimum Gasteiger partial charge on any atom is -0.444 e. The van der Waals surface area contributed by atoms with Crippen LogP contribution < -0.4 is 4.78 Å². The Bertz CT molecular complexity index is 472. The number of benzene rings is 1. The predicted molar refractivity (Wildman–Crippen MR) is 55.3 cm³/mol. The summed E-state index contributed by atoms with van der Waals surface area (Å²) in [7, 11) is 0. The lowest BCUT2D eigenvalue weighted by molar-refractivity contribution is 0.502. The Morgan fingerprint density at radius 1 is 1.14 bits per heavy atom. The van der Waals surface area contributed by atoms with Crippen LogP contribution in [0, 0.1) is 6.92 Å². The number of thiophene rings is 1. The molecule has 0 saturated heterocycles. The van der Waals surface area contributed by atoms with Gasteiger partial charge in [0.15, 0.2) is 0 Å². The molecule has 0 bridgehead atoms. The number of fused-ring (bicyclic) bond motifs is 1. The number of rotatable bonds is 1. The van der Waals surface area contributed by atoms with Gasteiger partial charge < -0.3 is 12.9 Å². The van der Waals surface area contributed by atoms with Crippen LogP contribution in [-0.4, -0.2) is 6.98 Å². The molecule has 0 radical (unpaired) electrons. The first-order valence-electron chi connectivity index (χ1n) is 4.18. The maximum absolute atomic E-state index is 12.6. The molecule has 0 spiro atoms. The molecule has 0 aliphatic rings. The van der Waals surface area contributed by atoms with E-state index in [9.17, 15) is 12.9 Å². The van der Waals surface area contributed by atoms with Crippen molar-refractivity contribution in [3.8, 4) is 0 Å². The third kappa shape index (κ3) is 1.41. The van der Waals surface area contributed by atoms with E-state index in [4.69, 9.17) is 0 Å². The van der Waals surface area contributed by atoms with Crippen molar-refractivity contribution >= 4 is 33.2 Å². The molecule has 0 unspecified atom stereocenters. The molecular weight excluding hydrogens is 208 g/mol. The molecule has 0 nitrogen and oxygen atoms in total.